The summed E-state index contributed by atoms with van der Waals surface area (Å²) in [5, 5.41) is 1.05. The molecule has 0 atom stereocenters. The zero-order valence-corrected chi connectivity index (χ0v) is 10.0. The van der Waals surface area contributed by atoms with E-state index >= 15 is 0 Å². The summed E-state index contributed by atoms with van der Waals surface area (Å²) in [6.45, 7) is 2.12. The molecule has 78 valence electrons. The van der Waals surface area contributed by atoms with Crippen LogP contribution in [0.1, 0.15) is 12.5 Å². The lowest BCUT2D eigenvalue weighted by Gasteiger charge is -2.08. The van der Waals surface area contributed by atoms with Crippen LogP contribution in [0.2, 0.25) is 0 Å². The Morgan fingerprint density at radius 2 is 2.27 bits per heavy atom. The molecule has 1 aromatic carbocycles. The van der Waals surface area contributed by atoms with E-state index in [-0.39, 0.29) is 0 Å². The van der Waals surface area contributed by atoms with Gasteiger partial charge in [-0.3, -0.25) is 10.8 Å². The van der Waals surface area contributed by atoms with Crippen LogP contribution in [-0.2, 0) is 6.42 Å². The summed E-state index contributed by atoms with van der Waals surface area (Å²) < 4.78 is 1.05. The van der Waals surface area contributed by atoms with Gasteiger partial charge in [-0.05, 0) is 30.2 Å². The maximum atomic E-state index is 5.46. The lowest BCUT2D eigenvalue weighted by molar-refractivity contribution is 1.14. The van der Waals surface area contributed by atoms with Crippen molar-refractivity contribution in [2.45, 2.75) is 13.3 Å². The highest BCUT2D eigenvalue weighted by Crippen LogP contribution is 2.28. The monoisotopic (exact) mass is 265 g/mol. The van der Waals surface area contributed by atoms with Gasteiger partial charge in [-0.15, -0.1) is 0 Å². The third-order valence-corrected chi connectivity index (χ3v) is 2.88. The molecule has 2 rings (SSSR count). The first-order valence-electron chi connectivity index (χ1n) is 4.80. The molecule has 0 bridgehead atoms. The minimum Gasteiger partial charge on any atom is -0.323 e. The molecule has 0 fully saturated rings. The average Bonchev–Trinajstić information content (AvgIpc) is 2.27. The van der Waals surface area contributed by atoms with Gasteiger partial charge in [-0.25, -0.2) is 0 Å². The normalized spacial score (nSPS) is 10.6. The zero-order valence-electron chi connectivity index (χ0n) is 8.42. The van der Waals surface area contributed by atoms with Crippen LogP contribution in [0.15, 0.2) is 28.9 Å². The molecule has 4 heteroatoms. The van der Waals surface area contributed by atoms with Gasteiger partial charge in [0.25, 0.3) is 0 Å². The first-order valence-corrected chi connectivity index (χ1v) is 5.59. The number of hydrogen-bond acceptors (Lipinski definition) is 3. The fraction of sp³-hybridized carbons (Fsp3) is 0.182. The third-order valence-electron chi connectivity index (χ3n) is 2.43. The molecule has 3 N–H and O–H groups in total. The molecule has 15 heavy (non-hydrogen) atoms. The average molecular weight is 266 g/mol. The van der Waals surface area contributed by atoms with Crippen molar-refractivity contribution in [3.63, 3.8) is 0 Å². The second kappa shape index (κ2) is 4.16. The molecule has 0 spiro atoms. The number of fused-ring (bicyclic) bond motifs is 1. The van der Waals surface area contributed by atoms with Gasteiger partial charge in [0.2, 0.25) is 0 Å². The molecule has 3 nitrogen and oxygen atoms in total. The molecule has 0 aliphatic heterocycles. The van der Waals surface area contributed by atoms with Crippen molar-refractivity contribution >= 4 is 32.5 Å². The Balaban J connectivity index is 2.82. The van der Waals surface area contributed by atoms with Crippen LogP contribution in [-0.4, -0.2) is 4.98 Å². The summed E-state index contributed by atoms with van der Waals surface area (Å²) in [7, 11) is 0. The number of nitrogens with one attached hydrogen (secondary N) is 1. The maximum Gasteiger partial charge on any atom is 0.0755 e. The number of hydrazine groups is 1. The minimum atomic E-state index is 0.899. The Morgan fingerprint density at radius 1 is 1.47 bits per heavy atom. The molecule has 0 unspecified atom stereocenters. The van der Waals surface area contributed by atoms with Gasteiger partial charge in [0.05, 0.1) is 11.2 Å². The highest BCUT2D eigenvalue weighted by atomic mass is 79.9. The fourth-order valence-electron chi connectivity index (χ4n) is 1.68. The van der Waals surface area contributed by atoms with Crippen LogP contribution in [0.3, 0.4) is 0 Å². The first-order chi connectivity index (χ1) is 7.26. The van der Waals surface area contributed by atoms with E-state index < -0.39 is 0 Å². The number of halogens is 1. The largest absolute Gasteiger partial charge is 0.323 e. The lowest BCUT2D eigenvalue weighted by atomic mass is 10.1. The summed E-state index contributed by atoms with van der Waals surface area (Å²) in [6, 6.07) is 5.99. The summed E-state index contributed by atoms with van der Waals surface area (Å²) in [5.41, 5.74) is 5.82. The van der Waals surface area contributed by atoms with Gasteiger partial charge >= 0.3 is 0 Å². The Bertz CT molecular complexity index is 496. The van der Waals surface area contributed by atoms with Crippen molar-refractivity contribution in [3.8, 4) is 0 Å². The number of aryl methyl sites for hydroxylation is 1. The van der Waals surface area contributed by atoms with Crippen LogP contribution in [0.4, 0.5) is 5.69 Å². The quantitative estimate of drug-likeness (QED) is 0.649. The van der Waals surface area contributed by atoms with Gasteiger partial charge in [0, 0.05) is 16.1 Å². The van der Waals surface area contributed by atoms with Crippen molar-refractivity contribution in [2.75, 3.05) is 5.43 Å². The molecular formula is C11H12BrN3. The fourth-order valence-corrected chi connectivity index (χ4v) is 2.19. The van der Waals surface area contributed by atoms with E-state index in [0.29, 0.717) is 0 Å². The van der Waals surface area contributed by atoms with Crippen molar-refractivity contribution in [1.29, 1.82) is 0 Å². The van der Waals surface area contributed by atoms with Crippen molar-refractivity contribution in [1.82, 2.24) is 4.98 Å². The second-order valence-electron chi connectivity index (χ2n) is 3.32. The number of nitrogen functional groups attached to an aromatic ring is 1. The standard InChI is InChI=1S/C11H12BrN3/c1-2-7-5-8(12)6-9-10(15-13)3-4-14-11(7)9/h3-6H,2,13H2,1H3,(H,14,15). The van der Waals surface area contributed by atoms with E-state index in [1.54, 1.807) is 6.20 Å². The third kappa shape index (κ3) is 1.82. The highest BCUT2D eigenvalue weighted by Gasteiger charge is 2.06. The number of aromatic nitrogens is 1. The van der Waals surface area contributed by atoms with Crippen LogP contribution < -0.4 is 11.3 Å². The van der Waals surface area contributed by atoms with Gasteiger partial charge in [-0.2, -0.15) is 0 Å². The van der Waals surface area contributed by atoms with Gasteiger partial charge in [0.15, 0.2) is 0 Å². The van der Waals surface area contributed by atoms with E-state index in [4.69, 9.17) is 5.84 Å². The minimum absolute atomic E-state index is 0.899. The van der Waals surface area contributed by atoms with Crippen LogP contribution in [0.25, 0.3) is 10.9 Å². The second-order valence-corrected chi connectivity index (χ2v) is 4.23. The van der Waals surface area contributed by atoms with E-state index in [9.17, 15) is 0 Å². The number of rotatable bonds is 2. The van der Waals surface area contributed by atoms with Crippen molar-refractivity contribution in [2.24, 2.45) is 5.84 Å². The lowest BCUT2D eigenvalue weighted by Crippen LogP contribution is -2.07. The van der Waals surface area contributed by atoms with Crippen molar-refractivity contribution < 1.29 is 0 Å². The van der Waals surface area contributed by atoms with E-state index in [0.717, 1.165) is 27.5 Å². The van der Waals surface area contributed by atoms with E-state index in [1.807, 2.05) is 12.1 Å². The maximum absolute atomic E-state index is 5.46. The molecule has 0 radical (unpaired) electrons. The molecule has 0 amide bonds. The number of hydrogen-bond donors (Lipinski definition) is 2. The SMILES string of the molecule is CCc1cc(Br)cc2c(NN)ccnc12. The van der Waals surface area contributed by atoms with Crippen LogP contribution in [0, 0.1) is 0 Å². The van der Waals surface area contributed by atoms with Crippen LogP contribution in [0.5, 0.6) is 0 Å². The Hall–Kier alpha value is -1.13. The molecule has 2 aromatic rings. The Kier molecular flexibility index (Phi) is 2.88. The zero-order chi connectivity index (χ0) is 10.8. The number of pyridine rings is 1. The highest BCUT2D eigenvalue weighted by molar-refractivity contribution is 9.10. The number of anilines is 1. The molecule has 1 aromatic heterocycles. The predicted molar refractivity (Wildman–Crippen MR) is 66.6 cm³/mol. The smallest absolute Gasteiger partial charge is 0.0755 e. The Labute approximate surface area is 96.8 Å². The molecule has 1 heterocycles. The summed E-state index contributed by atoms with van der Waals surface area (Å²) in [4.78, 5) is 4.39. The predicted octanol–water partition coefficient (Wildman–Crippen LogP) is 2.85. The van der Waals surface area contributed by atoms with Gasteiger partial charge in [0.1, 0.15) is 0 Å². The number of nitrogens with zero attached hydrogens (tertiary/aromatic N) is 1. The van der Waals surface area contributed by atoms with Gasteiger partial charge < -0.3 is 5.43 Å². The molecule has 0 saturated carbocycles. The van der Waals surface area contributed by atoms with Crippen molar-refractivity contribution in [3.05, 3.63) is 34.4 Å². The first kappa shape index (κ1) is 10.4. The molecule has 0 aliphatic carbocycles. The molecule has 0 aliphatic rings. The molecular weight excluding hydrogens is 254 g/mol. The van der Waals surface area contributed by atoms with Crippen LogP contribution >= 0.6 is 15.9 Å². The summed E-state index contributed by atoms with van der Waals surface area (Å²) >= 11 is 3.49. The Morgan fingerprint density at radius 3 is 2.93 bits per heavy atom. The summed E-state index contributed by atoms with van der Waals surface area (Å²) in [6.07, 6.45) is 2.72. The number of nitrogens with two attached hydrogens (primary N) is 1. The van der Waals surface area contributed by atoms with E-state index in [1.165, 1.54) is 5.56 Å². The summed E-state index contributed by atoms with van der Waals surface area (Å²) in [5.74, 6) is 5.46. The topological polar surface area (TPSA) is 50.9 Å². The molecule has 0 saturated heterocycles. The van der Waals surface area contributed by atoms with E-state index in [2.05, 4.69) is 39.3 Å². The van der Waals surface area contributed by atoms with Gasteiger partial charge in [-0.1, -0.05) is 22.9 Å². The number of benzene rings is 1.